The predicted molar refractivity (Wildman–Crippen MR) is 104 cm³/mol. The van der Waals surface area contributed by atoms with Crippen molar-refractivity contribution in [1.29, 1.82) is 0 Å². The van der Waals surface area contributed by atoms with Gasteiger partial charge in [0.05, 0.1) is 6.10 Å². The third-order valence-corrected chi connectivity index (χ3v) is 5.46. The van der Waals surface area contributed by atoms with E-state index >= 15 is 0 Å². The average molecular weight is 373 g/mol. The molecule has 6 nitrogen and oxygen atoms in total. The highest BCUT2D eigenvalue weighted by molar-refractivity contribution is 5.75. The summed E-state index contributed by atoms with van der Waals surface area (Å²) < 4.78 is 5.76. The first-order valence-corrected chi connectivity index (χ1v) is 9.99. The van der Waals surface area contributed by atoms with Crippen LogP contribution in [0.2, 0.25) is 0 Å². The van der Waals surface area contributed by atoms with Crippen molar-refractivity contribution in [3.63, 3.8) is 0 Å². The number of amides is 3. The third-order valence-electron chi connectivity index (χ3n) is 5.46. The van der Waals surface area contributed by atoms with E-state index in [0.717, 1.165) is 37.9 Å². The maximum atomic E-state index is 13.0. The molecule has 0 radical (unpaired) electrons. The highest BCUT2D eigenvalue weighted by Gasteiger charge is 2.26. The Balaban J connectivity index is 1.60. The normalized spacial score (nSPS) is 20.5. The quantitative estimate of drug-likeness (QED) is 0.863. The lowest BCUT2D eigenvalue weighted by Gasteiger charge is -2.34. The van der Waals surface area contributed by atoms with Crippen LogP contribution in [0.1, 0.15) is 43.7 Å². The van der Waals surface area contributed by atoms with Crippen LogP contribution in [0.3, 0.4) is 0 Å². The molecule has 27 heavy (non-hydrogen) atoms. The zero-order valence-corrected chi connectivity index (χ0v) is 16.4. The molecule has 148 valence electrons. The number of aryl methyl sites for hydroxylation is 1. The van der Waals surface area contributed by atoms with Gasteiger partial charge in [-0.25, -0.2) is 4.79 Å². The number of piperidine rings is 1. The Labute approximate surface area is 161 Å². The molecule has 2 heterocycles. The number of carbonyl (C=O) groups is 2. The summed E-state index contributed by atoms with van der Waals surface area (Å²) >= 11 is 0. The summed E-state index contributed by atoms with van der Waals surface area (Å²) in [4.78, 5) is 28.2. The monoisotopic (exact) mass is 373 g/mol. The van der Waals surface area contributed by atoms with Gasteiger partial charge in [-0.3, -0.25) is 4.79 Å². The van der Waals surface area contributed by atoms with Crippen molar-refractivity contribution in [2.45, 2.75) is 58.2 Å². The number of ether oxygens (including phenoxy) is 1. The smallest absolute Gasteiger partial charge is 0.318 e. The Bertz CT molecular complexity index is 650. The van der Waals surface area contributed by atoms with Gasteiger partial charge < -0.3 is 19.9 Å². The van der Waals surface area contributed by atoms with Gasteiger partial charge in [-0.1, -0.05) is 29.8 Å². The van der Waals surface area contributed by atoms with Crippen LogP contribution in [-0.2, 0) is 16.1 Å². The Hall–Kier alpha value is -2.08. The fourth-order valence-corrected chi connectivity index (χ4v) is 3.89. The summed E-state index contributed by atoms with van der Waals surface area (Å²) in [6.45, 7) is 7.08. The Morgan fingerprint density at radius 1 is 1.26 bits per heavy atom. The number of urea groups is 1. The number of carbonyl (C=O) groups excluding carboxylic acids is 2. The number of likely N-dealkylation sites (tertiary alicyclic amines) is 1. The molecule has 0 aliphatic carbocycles. The summed E-state index contributed by atoms with van der Waals surface area (Å²) in [5.41, 5.74) is 2.33. The summed E-state index contributed by atoms with van der Waals surface area (Å²) in [5, 5.41) is 3.18. The van der Waals surface area contributed by atoms with Crippen LogP contribution in [0.25, 0.3) is 0 Å². The van der Waals surface area contributed by atoms with Crippen LogP contribution in [0.5, 0.6) is 0 Å². The first-order chi connectivity index (χ1) is 13.0. The Morgan fingerprint density at radius 3 is 2.67 bits per heavy atom. The van der Waals surface area contributed by atoms with Crippen LogP contribution in [0, 0.1) is 6.92 Å². The standard InChI is InChI=1S/C21H31N3O3/c1-16-5-3-6-18(13-16)14-24(15-20-7-4-12-27-20)21(26)22-19-8-10-23(11-9-19)17(2)25/h3,5-6,13,19-20H,4,7-12,14-15H2,1-2H3,(H,22,26)/t20-/m0/s1. The maximum Gasteiger partial charge on any atom is 0.318 e. The predicted octanol–water partition coefficient (Wildman–Crippen LogP) is 2.70. The second-order valence-electron chi connectivity index (χ2n) is 7.73. The molecule has 2 fully saturated rings. The van der Waals surface area contributed by atoms with E-state index in [2.05, 4.69) is 30.4 Å². The van der Waals surface area contributed by atoms with Gasteiger partial charge in [-0.2, -0.15) is 0 Å². The molecular weight excluding hydrogens is 342 g/mol. The maximum absolute atomic E-state index is 13.0. The number of hydrogen-bond acceptors (Lipinski definition) is 3. The fourth-order valence-electron chi connectivity index (χ4n) is 3.89. The lowest BCUT2D eigenvalue weighted by Crippen LogP contribution is -2.51. The van der Waals surface area contributed by atoms with Crippen LogP contribution in [-0.4, -0.2) is 60.1 Å². The molecule has 1 atom stereocenters. The molecule has 0 saturated carbocycles. The van der Waals surface area contributed by atoms with Gasteiger partial charge in [0.1, 0.15) is 0 Å². The number of nitrogens with one attached hydrogen (secondary N) is 1. The highest BCUT2D eigenvalue weighted by atomic mass is 16.5. The molecule has 3 amide bonds. The lowest BCUT2D eigenvalue weighted by molar-refractivity contribution is -0.129. The Kier molecular flexibility index (Phi) is 6.72. The average Bonchev–Trinajstić information content (AvgIpc) is 3.15. The minimum atomic E-state index is -0.0340. The van der Waals surface area contributed by atoms with Crippen LogP contribution in [0.15, 0.2) is 24.3 Å². The van der Waals surface area contributed by atoms with Crippen molar-refractivity contribution in [3.05, 3.63) is 35.4 Å². The SMILES string of the molecule is CC(=O)N1CCC(NC(=O)N(Cc2cccc(C)c2)C[C@@H]2CCCO2)CC1. The number of rotatable bonds is 5. The second kappa shape index (κ2) is 9.22. The molecule has 1 aromatic rings. The zero-order chi connectivity index (χ0) is 19.2. The largest absolute Gasteiger partial charge is 0.376 e. The van der Waals surface area contributed by atoms with Gasteiger partial charge in [0.25, 0.3) is 0 Å². The van der Waals surface area contributed by atoms with E-state index in [4.69, 9.17) is 4.74 Å². The molecule has 6 heteroatoms. The van der Waals surface area contributed by atoms with Crippen molar-refractivity contribution >= 4 is 11.9 Å². The summed E-state index contributed by atoms with van der Waals surface area (Å²) in [6.07, 6.45) is 3.82. The molecule has 2 aliphatic heterocycles. The van der Waals surface area contributed by atoms with Crippen LogP contribution < -0.4 is 5.32 Å². The second-order valence-corrected chi connectivity index (χ2v) is 7.73. The first kappa shape index (κ1) is 19.7. The molecule has 0 unspecified atom stereocenters. The molecule has 3 rings (SSSR count). The summed E-state index contributed by atoms with van der Waals surface area (Å²) in [5.74, 6) is 0.110. The van der Waals surface area contributed by atoms with Crippen molar-refractivity contribution < 1.29 is 14.3 Å². The van der Waals surface area contributed by atoms with E-state index < -0.39 is 0 Å². The molecule has 2 saturated heterocycles. The molecule has 0 bridgehead atoms. The molecule has 1 aromatic carbocycles. The fraction of sp³-hybridized carbons (Fsp3) is 0.619. The van der Waals surface area contributed by atoms with Gasteiger partial charge in [0.2, 0.25) is 5.91 Å². The van der Waals surface area contributed by atoms with Gasteiger partial charge >= 0.3 is 6.03 Å². The van der Waals surface area contributed by atoms with E-state index in [1.54, 1.807) is 6.92 Å². The Morgan fingerprint density at radius 2 is 2.04 bits per heavy atom. The summed E-state index contributed by atoms with van der Waals surface area (Å²) in [7, 11) is 0. The van der Waals surface area contributed by atoms with Crippen molar-refractivity contribution in [2.75, 3.05) is 26.2 Å². The molecular formula is C21H31N3O3. The van der Waals surface area contributed by atoms with E-state index in [-0.39, 0.29) is 24.1 Å². The third kappa shape index (κ3) is 5.70. The van der Waals surface area contributed by atoms with Gasteiger partial charge in [-0.05, 0) is 38.2 Å². The van der Waals surface area contributed by atoms with E-state index in [0.29, 0.717) is 26.2 Å². The van der Waals surface area contributed by atoms with Gasteiger partial charge in [0.15, 0.2) is 0 Å². The molecule has 0 aromatic heterocycles. The first-order valence-electron chi connectivity index (χ1n) is 9.99. The number of benzene rings is 1. The van der Waals surface area contributed by atoms with Gasteiger partial charge in [0, 0.05) is 45.8 Å². The summed E-state index contributed by atoms with van der Waals surface area (Å²) in [6, 6.07) is 8.38. The molecule has 0 spiro atoms. The number of nitrogens with zero attached hydrogens (tertiary/aromatic N) is 2. The molecule has 2 aliphatic rings. The molecule has 1 N–H and O–H groups in total. The van der Waals surface area contributed by atoms with E-state index in [9.17, 15) is 9.59 Å². The highest BCUT2D eigenvalue weighted by Crippen LogP contribution is 2.17. The van der Waals surface area contributed by atoms with Crippen molar-refractivity contribution in [3.8, 4) is 0 Å². The zero-order valence-electron chi connectivity index (χ0n) is 16.4. The van der Waals surface area contributed by atoms with Crippen LogP contribution in [0.4, 0.5) is 4.79 Å². The van der Waals surface area contributed by atoms with Gasteiger partial charge in [-0.15, -0.1) is 0 Å². The van der Waals surface area contributed by atoms with E-state index in [1.165, 1.54) is 5.56 Å². The minimum absolute atomic E-state index is 0.0340. The van der Waals surface area contributed by atoms with Crippen molar-refractivity contribution in [1.82, 2.24) is 15.1 Å². The van der Waals surface area contributed by atoms with Crippen molar-refractivity contribution in [2.24, 2.45) is 0 Å². The van der Waals surface area contributed by atoms with E-state index in [1.807, 2.05) is 15.9 Å². The van der Waals surface area contributed by atoms with Crippen LogP contribution >= 0.6 is 0 Å². The minimum Gasteiger partial charge on any atom is -0.376 e. The topological polar surface area (TPSA) is 61.9 Å². The number of hydrogen-bond donors (Lipinski definition) is 1. The lowest BCUT2D eigenvalue weighted by atomic mass is 10.1.